The van der Waals surface area contributed by atoms with Crippen LogP contribution in [-0.2, 0) is 30.3 Å². The summed E-state index contributed by atoms with van der Waals surface area (Å²) in [5.41, 5.74) is 1.32. The molecule has 1 aliphatic heterocycles. The molecule has 1 heterocycles. The highest BCUT2D eigenvalue weighted by atomic mass is 16.6. The predicted molar refractivity (Wildman–Crippen MR) is 140 cm³/mol. The highest BCUT2D eigenvalue weighted by Crippen LogP contribution is 2.29. The van der Waals surface area contributed by atoms with E-state index in [4.69, 9.17) is 4.74 Å². The summed E-state index contributed by atoms with van der Waals surface area (Å²) in [6.45, 7) is 12.6. The second kappa shape index (κ2) is 13.0. The third-order valence-corrected chi connectivity index (χ3v) is 6.50. The summed E-state index contributed by atoms with van der Waals surface area (Å²) in [6.07, 6.45) is -0.698. The number of ketones is 1. The van der Waals surface area contributed by atoms with E-state index in [1.165, 1.54) is 6.92 Å². The number of epoxide rings is 1. The number of benzene rings is 1. The number of carbonyl (C=O) groups is 4. The molecule has 0 radical (unpaired) electrons. The summed E-state index contributed by atoms with van der Waals surface area (Å²) in [7, 11) is 0. The first-order valence-electron chi connectivity index (χ1n) is 12.7. The van der Waals surface area contributed by atoms with E-state index in [1.54, 1.807) is 27.7 Å². The normalized spacial score (nSPS) is 19.7. The lowest BCUT2D eigenvalue weighted by atomic mass is 9.93. The van der Waals surface area contributed by atoms with Crippen LogP contribution in [0.3, 0.4) is 0 Å². The number of allylic oxidation sites excluding steroid dienone is 1. The molecular weight excluding hydrogens is 474 g/mol. The Bertz CT molecular complexity index is 1010. The van der Waals surface area contributed by atoms with Gasteiger partial charge in [0.15, 0.2) is 5.78 Å². The first kappa shape index (κ1) is 30.2. The van der Waals surface area contributed by atoms with Crippen LogP contribution in [0.5, 0.6) is 0 Å². The third kappa shape index (κ3) is 8.79. The molecule has 3 amide bonds. The zero-order valence-corrected chi connectivity index (χ0v) is 22.9. The van der Waals surface area contributed by atoms with Gasteiger partial charge in [-0.3, -0.25) is 19.2 Å². The topological polar surface area (TPSA) is 137 Å². The second-order valence-corrected chi connectivity index (χ2v) is 10.6. The van der Waals surface area contributed by atoms with Gasteiger partial charge in [-0.1, -0.05) is 49.8 Å². The Morgan fingerprint density at radius 1 is 0.919 bits per heavy atom. The maximum atomic E-state index is 13.5. The van der Waals surface area contributed by atoms with E-state index in [0.717, 1.165) is 11.1 Å². The molecule has 1 aliphatic rings. The number of ether oxygens (including phenoxy) is 1. The minimum Gasteiger partial charge on any atom is -0.384 e. The number of hydrogen-bond acceptors (Lipinski definition) is 6. The molecule has 9 heteroatoms. The Balaban J connectivity index is 2.33. The second-order valence-electron chi connectivity index (χ2n) is 10.6. The molecule has 37 heavy (non-hydrogen) atoms. The van der Waals surface area contributed by atoms with E-state index in [-0.39, 0.29) is 18.1 Å². The molecule has 204 valence electrons. The fraction of sp³-hybridized carbons (Fsp3) is 0.571. The van der Waals surface area contributed by atoms with Gasteiger partial charge in [-0.15, -0.1) is 0 Å². The third-order valence-electron chi connectivity index (χ3n) is 6.50. The molecule has 1 saturated heterocycles. The van der Waals surface area contributed by atoms with Crippen LogP contribution < -0.4 is 16.0 Å². The average Bonchev–Trinajstić information content (AvgIpc) is 3.58. The van der Waals surface area contributed by atoms with Crippen LogP contribution in [0, 0.1) is 5.92 Å². The Morgan fingerprint density at radius 3 is 1.97 bits per heavy atom. The zero-order chi connectivity index (χ0) is 27.9. The van der Waals surface area contributed by atoms with Gasteiger partial charge in [0.25, 0.3) is 0 Å². The van der Waals surface area contributed by atoms with Crippen molar-refractivity contribution in [2.24, 2.45) is 5.92 Å². The minimum atomic E-state index is -1.31. The Hall–Kier alpha value is -3.04. The number of hydrogen-bond donors (Lipinski definition) is 4. The number of carbonyl (C=O) groups excluding carboxylic acids is 4. The molecule has 1 aromatic carbocycles. The number of aliphatic hydroxyl groups excluding tert-OH is 1. The number of Topliss-reactive ketones (excluding diaryl/α,β-unsaturated/α-hetero) is 1. The number of amides is 3. The monoisotopic (exact) mass is 515 g/mol. The summed E-state index contributed by atoms with van der Waals surface area (Å²) in [5, 5.41) is 17.8. The predicted octanol–water partition coefficient (Wildman–Crippen LogP) is 1.82. The molecule has 1 aromatic rings. The smallest absolute Gasteiger partial charge is 0.249 e. The molecule has 4 N–H and O–H groups in total. The summed E-state index contributed by atoms with van der Waals surface area (Å²) < 4.78 is 5.32. The van der Waals surface area contributed by atoms with Crippen LogP contribution in [-0.4, -0.2) is 65.0 Å². The number of aliphatic hydroxyl groups is 1. The fourth-order valence-electron chi connectivity index (χ4n) is 3.83. The van der Waals surface area contributed by atoms with Crippen molar-refractivity contribution in [1.82, 2.24) is 16.0 Å². The highest BCUT2D eigenvalue weighted by Gasteiger charge is 2.50. The van der Waals surface area contributed by atoms with Gasteiger partial charge in [0.05, 0.1) is 12.6 Å². The summed E-state index contributed by atoms with van der Waals surface area (Å²) in [5.74, 6) is -1.85. The van der Waals surface area contributed by atoms with Crippen molar-refractivity contribution in [3.05, 3.63) is 47.0 Å². The van der Waals surface area contributed by atoms with Crippen LogP contribution in [0.4, 0.5) is 0 Å². The van der Waals surface area contributed by atoms with E-state index < -0.39 is 47.6 Å². The quantitative estimate of drug-likeness (QED) is 0.234. The Kier molecular flexibility index (Phi) is 10.6. The lowest BCUT2D eigenvalue weighted by Crippen LogP contribution is -2.58. The largest absolute Gasteiger partial charge is 0.384 e. The molecule has 0 aromatic heterocycles. The van der Waals surface area contributed by atoms with Gasteiger partial charge in [-0.2, -0.15) is 0 Å². The van der Waals surface area contributed by atoms with Gasteiger partial charge in [-0.05, 0) is 58.1 Å². The zero-order valence-electron chi connectivity index (χ0n) is 22.9. The molecule has 0 bridgehead atoms. The van der Waals surface area contributed by atoms with Crippen molar-refractivity contribution in [2.45, 2.75) is 91.1 Å². The van der Waals surface area contributed by atoms with Gasteiger partial charge in [0, 0.05) is 6.42 Å². The van der Waals surface area contributed by atoms with Crippen molar-refractivity contribution < 1.29 is 29.0 Å². The van der Waals surface area contributed by atoms with E-state index in [0.29, 0.717) is 18.6 Å². The first-order valence-corrected chi connectivity index (χ1v) is 12.7. The molecule has 0 spiro atoms. The molecule has 0 aliphatic carbocycles. The number of nitrogens with one attached hydrogen (secondary N) is 3. The van der Waals surface area contributed by atoms with Gasteiger partial charge in [0.1, 0.15) is 23.8 Å². The summed E-state index contributed by atoms with van der Waals surface area (Å²) >= 11 is 0. The van der Waals surface area contributed by atoms with E-state index in [1.807, 2.05) is 44.2 Å². The summed E-state index contributed by atoms with van der Waals surface area (Å²) in [4.78, 5) is 52.2. The molecule has 1 fully saturated rings. The summed E-state index contributed by atoms with van der Waals surface area (Å²) in [6, 6.07) is 6.35. The molecule has 9 nitrogen and oxygen atoms in total. The van der Waals surface area contributed by atoms with E-state index in [9.17, 15) is 24.3 Å². The van der Waals surface area contributed by atoms with Crippen LogP contribution >= 0.6 is 0 Å². The molecule has 0 saturated carbocycles. The van der Waals surface area contributed by atoms with Gasteiger partial charge in [-0.25, -0.2) is 0 Å². The molecule has 5 atom stereocenters. The highest BCUT2D eigenvalue weighted by molar-refractivity contribution is 5.99. The Labute approximate surface area is 219 Å². The van der Waals surface area contributed by atoms with E-state index >= 15 is 0 Å². The minimum absolute atomic E-state index is 0.138. The maximum Gasteiger partial charge on any atom is 0.249 e. The molecular formula is C28H41N3O6. The average molecular weight is 516 g/mol. The van der Waals surface area contributed by atoms with Crippen LogP contribution in [0.25, 0.3) is 0 Å². The van der Waals surface area contributed by atoms with Crippen molar-refractivity contribution in [2.75, 3.05) is 6.61 Å². The van der Waals surface area contributed by atoms with Crippen molar-refractivity contribution in [3.8, 4) is 0 Å². The van der Waals surface area contributed by atoms with Crippen molar-refractivity contribution >= 4 is 23.5 Å². The molecule has 2 rings (SSSR count). The fourth-order valence-corrected chi connectivity index (χ4v) is 3.83. The number of rotatable bonds is 13. The van der Waals surface area contributed by atoms with Crippen LogP contribution in [0.1, 0.15) is 60.5 Å². The Morgan fingerprint density at radius 2 is 1.49 bits per heavy atom. The van der Waals surface area contributed by atoms with Crippen molar-refractivity contribution in [3.63, 3.8) is 0 Å². The standard InChI is InChI=1S/C28H41N3O6/c1-16(2)13-21(24(33)28(7)15-37-28)29-26(35)22(14-20-11-9-8-10-12-20)30-27(36)23(18(5)17(3)4)31-25(34)19(6)32/h8-12,16,19,21-23,32H,13-15H2,1-7H3,(H,29,35)(H,30,36)(H,31,34)/t19-,21-,22-,23-,28+/m0/s1. The van der Waals surface area contributed by atoms with Gasteiger partial charge < -0.3 is 25.8 Å². The maximum absolute atomic E-state index is 13.5. The lowest BCUT2D eigenvalue weighted by Gasteiger charge is -2.27. The van der Waals surface area contributed by atoms with Gasteiger partial charge in [0.2, 0.25) is 17.7 Å². The van der Waals surface area contributed by atoms with E-state index in [2.05, 4.69) is 16.0 Å². The first-order chi connectivity index (χ1) is 17.2. The molecule has 0 unspecified atom stereocenters. The SMILES string of the molecule is CC(C)=C(C)[C@H](NC(=O)[C@H](C)O)C(=O)N[C@@H](Cc1ccccc1)C(=O)N[C@@H](CC(C)C)C(=O)[C@@]1(C)CO1. The van der Waals surface area contributed by atoms with Crippen LogP contribution in [0.15, 0.2) is 41.5 Å². The lowest BCUT2D eigenvalue weighted by molar-refractivity contribution is -0.135. The van der Waals surface area contributed by atoms with Crippen LogP contribution in [0.2, 0.25) is 0 Å². The van der Waals surface area contributed by atoms with Gasteiger partial charge >= 0.3 is 0 Å². The van der Waals surface area contributed by atoms with Crippen molar-refractivity contribution in [1.29, 1.82) is 0 Å².